The molecule has 0 aromatic heterocycles. The van der Waals surface area contributed by atoms with E-state index in [0.717, 1.165) is 18.8 Å². The second kappa shape index (κ2) is 7.04. The van der Waals surface area contributed by atoms with E-state index >= 15 is 0 Å². The molecule has 2 N–H and O–H groups in total. The highest BCUT2D eigenvalue weighted by Gasteiger charge is 2.62. The number of hydrogen-bond acceptors (Lipinski definition) is 2. The number of fused-ring (bicyclic) bond motifs is 5. The summed E-state index contributed by atoms with van der Waals surface area (Å²) in [5, 5.41) is 20.3. The Kier molecular flexibility index (Phi) is 5.15. The van der Waals surface area contributed by atoms with Crippen LogP contribution < -0.4 is 0 Å². The molecule has 3 nitrogen and oxygen atoms in total. The van der Waals surface area contributed by atoms with Gasteiger partial charge in [-0.25, -0.2) is 0 Å². The van der Waals surface area contributed by atoms with E-state index in [9.17, 15) is 9.90 Å². The van der Waals surface area contributed by atoms with Crippen LogP contribution in [0.1, 0.15) is 91.4 Å². The second-order valence-corrected chi connectivity index (χ2v) is 11.2. The zero-order valence-electron chi connectivity index (χ0n) is 17.6. The van der Waals surface area contributed by atoms with Crippen molar-refractivity contribution in [2.24, 2.45) is 46.3 Å². The lowest BCUT2D eigenvalue weighted by Crippen LogP contribution is -2.57. The topological polar surface area (TPSA) is 57.5 Å². The Morgan fingerprint density at radius 3 is 2.52 bits per heavy atom. The fraction of sp³-hybridized carbons (Fsp3) is 0.958. The molecular formula is C24H40O3. The molecular weight excluding hydrogens is 336 g/mol. The summed E-state index contributed by atoms with van der Waals surface area (Å²) in [6, 6.07) is 0. The number of carboxylic acid groups (broad SMARTS) is 1. The molecule has 27 heavy (non-hydrogen) atoms. The Morgan fingerprint density at radius 2 is 1.78 bits per heavy atom. The van der Waals surface area contributed by atoms with Crippen LogP contribution in [0, 0.1) is 46.3 Å². The highest BCUT2D eigenvalue weighted by atomic mass is 16.4. The fourth-order valence-corrected chi connectivity index (χ4v) is 8.78. The molecule has 8 unspecified atom stereocenters. The minimum atomic E-state index is -0.663. The molecule has 0 spiro atoms. The zero-order chi connectivity index (χ0) is 19.4. The number of rotatable bonds is 4. The van der Waals surface area contributed by atoms with E-state index < -0.39 is 5.97 Å². The van der Waals surface area contributed by atoms with E-state index in [1.54, 1.807) is 0 Å². The van der Waals surface area contributed by atoms with Crippen molar-refractivity contribution in [3.8, 4) is 0 Å². The summed E-state index contributed by atoms with van der Waals surface area (Å²) in [6.45, 7) is 7.33. The number of hydrogen-bond donors (Lipinski definition) is 2. The summed E-state index contributed by atoms with van der Waals surface area (Å²) in [5.41, 5.74) is 0.758. The lowest BCUT2D eigenvalue weighted by atomic mass is 9.44. The summed E-state index contributed by atoms with van der Waals surface area (Å²) in [6.07, 6.45) is 12.5. The third-order valence-electron chi connectivity index (χ3n) is 10.2. The van der Waals surface area contributed by atoms with Gasteiger partial charge in [0.25, 0.3) is 0 Å². The zero-order valence-corrected chi connectivity index (χ0v) is 17.6. The predicted octanol–water partition coefficient (Wildman–Crippen LogP) is 5.51. The summed E-state index contributed by atoms with van der Waals surface area (Å²) >= 11 is 0. The third-order valence-corrected chi connectivity index (χ3v) is 10.2. The Morgan fingerprint density at radius 1 is 1.04 bits per heavy atom. The van der Waals surface area contributed by atoms with Crippen molar-refractivity contribution < 1.29 is 15.0 Å². The van der Waals surface area contributed by atoms with Crippen molar-refractivity contribution in [1.29, 1.82) is 0 Å². The standard InChI is InChI=1S/C24H40O3/c1-15(7-10-21(26)27)17-8-9-18-22-19(11-13-24(17,18)3)23(2)12-5-4-6-16(23)14-20(22)25/h15-20,22,25H,4-14H2,1-3H3,(H,26,27)/t15?,16?,17?,18?,19?,20?,22?,23-,24?/m0/s1. The minimum absolute atomic E-state index is 0.108. The molecule has 0 saturated heterocycles. The molecule has 9 atom stereocenters. The molecule has 3 heteroatoms. The number of aliphatic carboxylic acids is 1. The van der Waals surface area contributed by atoms with E-state index in [-0.39, 0.29) is 6.10 Å². The summed E-state index contributed by atoms with van der Waals surface area (Å²) in [5.74, 6) is 3.02. The molecule has 0 bridgehead atoms. The van der Waals surface area contributed by atoms with Gasteiger partial charge in [-0.05, 0) is 97.7 Å². The third kappa shape index (κ3) is 3.07. The summed E-state index contributed by atoms with van der Waals surface area (Å²) in [7, 11) is 0. The van der Waals surface area contributed by atoms with Crippen molar-refractivity contribution in [1.82, 2.24) is 0 Å². The van der Waals surface area contributed by atoms with Gasteiger partial charge in [0, 0.05) is 6.42 Å². The van der Waals surface area contributed by atoms with Gasteiger partial charge in [0.15, 0.2) is 0 Å². The number of aliphatic hydroxyl groups is 1. The molecule has 0 amide bonds. The van der Waals surface area contributed by atoms with Crippen LogP contribution in [-0.4, -0.2) is 22.3 Å². The van der Waals surface area contributed by atoms with Crippen molar-refractivity contribution in [2.45, 2.75) is 97.5 Å². The van der Waals surface area contributed by atoms with Crippen LogP contribution in [-0.2, 0) is 4.79 Å². The van der Waals surface area contributed by atoms with Crippen LogP contribution in [0.4, 0.5) is 0 Å². The van der Waals surface area contributed by atoms with Gasteiger partial charge in [0.1, 0.15) is 0 Å². The first-order valence-corrected chi connectivity index (χ1v) is 11.7. The highest BCUT2D eigenvalue weighted by Crippen LogP contribution is 2.68. The van der Waals surface area contributed by atoms with E-state index in [4.69, 9.17) is 5.11 Å². The smallest absolute Gasteiger partial charge is 0.303 e. The molecule has 154 valence electrons. The molecule has 4 aliphatic carbocycles. The number of aliphatic hydroxyl groups excluding tert-OH is 1. The Labute approximate surface area is 165 Å². The molecule has 0 radical (unpaired) electrons. The SMILES string of the molecule is CC(CCC(=O)O)C1CCC2C3C(O)CC4CCCC[C@]4(C)C3CCC12C. The fourth-order valence-electron chi connectivity index (χ4n) is 8.78. The quantitative estimate of drug-likeness (QED) is 0.680. The number of carboxylic acids is 1. The molecule has 0 heterocycles. The second-order valence-electron chi connectivity index (χ2n) is 11.2. The summed E-state index contributed by atoms with van der Waals surface area (Å²) in [4.78, 5) is 11.0. The van der Waals surface area contributed by atoms with Crippen LogP contribution in [0.3, 0.4) is 0 Å². The van der Waals surface area contributed by atoms with Crippen LogP contribution in [0.25, 0.3) is 0 Å². The lowest BCUT2D eigenvalue weighted by Gasteiger charge is -2.62. The van der Waals surface area contributed by atoms with E-state index in [1.807, 2.05) is 0 Å². The monoisotopic (exact) mass is 376 g/mol. The lowest BCUT2D eigenvalue weighted by molar-refractivity contribution is -0.164. The van der Waals surface area contributed by atoms with E-state index in [2.05, 4.69) is 20.8 Å². The van der Waals surface area contributed by atoms with Crippen LogP contribution >= 0.6 is 0 Å². The first-order chi connectivity index (χ1) is 12.8. The number of carbonyl (C=O) groups is 1. The Hall–Kier alpha value is -0.570. The van der Waals surface area contributed by atoms with Crippen molar-refractivity contribution >= 4 is 5.97 Å². The molecule has 4 aliphatic rings. The Balaban J connectivity index is 1.56. The van der Waals surface area contributed by atoms with Crippen molar-refractivity contribution in [3.05, 3.63) is 0 Å². The van der Waals surface area contributed by atoms with Gasteiger partial charge in [-0.15, -0.1) is 0 Å². The normalized spacial score (nSPS) is 50.4. The average molecular weight is 377 g/mol. The van der Waals surface area contributed by atoms with Gasteiger partial charge >= 0.3 is 5.97 Å². The first kappa shape index (κ1) is 19.7. The van der Waals surface area contributed by atoms with Gasteiger partial charge in [0.05, 0.1) is 6.10 Å². The first-order valence-electron chi connectivity index (χ1n) is 11.7. The van der Waals surface area contributed by atoms with Crippen LogP contribution in [0.15, 0.2) is 0 Å². The van der Waals surface area contributed by atoms with E-state index in [0.29, 0.717) is 46.8 Å². The maximum atomic E-state index is 11.2. The van der Waals surface area contributed by atoms with Gasteiger partial charge in [-0.3, -0.25) is 4.79 Å². The molecule has 0 aromatic rings. The highest BCUT2D eigenvalue weighted by molar-refractivity contribution is 5.66. The molecule has 0 aliphatic heterocycles. The molecule has 4 fully saturated rings. The van der Waals surface area contributed by atoms with Gasteiger partial charge in [-0.1, -0.05) is 33.6 Å². The maximum absolute atomic E-state index is 11.2. The minimum Gasteiger partial charge on any atom is -0.481 e. The average Bonchev–Trinajstić information content (AvgIpc) is 2.97. The predicted molar refractivity (Wildman–Crippen MR) is 107 cm³/mol. The molecule has 4 saturated carbocycles. The van der Waals surface area contributed by atoms with Gasteiger partial charge < -0.3 is 10.2 Å². The largest absolute Gasteiger partial charge is 0.481 e. The summed E-state index contributed by atoms with van der Waals surface area (Å²) < 4.78 is 0. The van der Waals surface area contributed by atoms with Crippen molar-refractivity contribution in [3.63, 3.8) is 0 Å². The van der Waals surface area contributed by atoms with Crippen LogP contribution in [0.5, 0.6) is 0 Å². The van der Waals surface area contributed by atoms with Crippen molar-refractivity contribution in [2.75, 3.05) is 0 Å². The maximum Gasteiger partial charge on any atom is 0.303 e. The van der Waals surface area contributed by atoms with Crippen LogP contribution in [0.2, 0.25) is 0 Å². The molecule has 4 rings (SSSR count). The van der Waals surface area contributed by atoms with Gasteiger partial charge in [-0.2, -0.15) is 0 Å². The Bertz CT molecular complexity index is 574. The van der Waals surface area contributed by atoms with Gasteiger partial charge in [0.2, 0.25) is 0 Å². The van der Waals surface area contributed by atoms with E-state index in [1.165, 1.54) is 51.4 Å². The molecule has 0 aromatic carbocycles.